The number of hydrogen-bond donors (Lipinski definition) is 1. The third kappa shape index (κ3) is 5.35. The summed E-state index contributed by atoms with van der Waals surface area (Å²) in [5, 5.41) is 8.92. The molecule has 0 radical (unpaired) electrons. The summed E-state index contributed by atoms with van der Waals surface area (Å²) in [6, 6.07) is 7.47. The van der Waals surface area contributed by atoms with E-state index < -0.39 is 30.4 Å². The SMILES string of the molecule is CC(=O)OC[C@H]1O[C@@H](n2ncc3c(NCc4ccccc4Cl)nc(Cl)nc32)C[C@@H]1OC(C)=O. The number of carbonyl (C=O) groups excluding carboxylic acids is 2. The minimum atomic E-state index is -0.642. The number of nitrogens with zero attached hydrogens (tertiary/aromatic N) is 4. The van der Waals surface area contributed by atoms with E-state index in [0.29, 0.717) is 34.8 Å². The average Bonchev–Trinajstić information content (AvgIpc) is 3.34. The molecule has 0 amide bonds. The van der Waals surface area contributed by atoms with Crippen molar-refractivity contribution in [3.63, 3.8) is 0 Å². The second kappa shape index (κ2) is 9.90. The van der Waals surface area contributed by atoms with Crippen molar-refractivity contribution < 1.29 is 23.8 Å². The summed E-state index contributed by atoms with van der Waals surface area (Å²) in [5.41, 5.74) is 1.34. The van der Waals surface area contributed by atoms with Gasteiger partial charge in [-0.3, -0.25) is 9.59 Å². The third-order valence-corrected chi connectivity index (χ3v) is 5.59. The lowest BCUT2D eigenvalue weighted by Gasteiger charge is -2.17. The maximum Gasteiger partial charge on any atom is 0.303 e. The molecule has 1 aliphatic rings. The second-order valence-electron chi connectivity index (χ2n) is 7.43. The zero-order chi connectivity index (χ0) is 23.5. The Balaban J connectivity index is 1.59. The van der Waals surface area contributed by atoms with Crippen molar-refractivity contribution in [2.45, 2.75) is 45.2 Å². The van der Waals surface area contributed by atoms with E-state index in [4.69, 9.17) is 37.4 Å². The van der Waals surface area contributed by atoms with Gasteiger partial charge in [-0.2, -0.15) is 15.1 Å². The topological polar surface area (TPSA) is 117 Å². The van der Waals surface area contributed by atoms with E-state index in [2.05, 4.69) is 20.4 Å². The third-order valence-electron chi connectivity index (χ3n) is 5.05. The van der Waals surface area contributed by atoms with Gasteiger partial charge in [0.2, 0.25) is 5.28 Å². The first-order valence-electron chi connectivity index (χ1n) is 10.2. The van der Waals surface area contributed by atoms with Crippen LogP contribution in [0.25, 0.3) is 11.0 Å². The highest BCUT2D eigenvalue weighted by Crippen LogP contribution is 2.34. The van der Waals surface area contributed by atoms with Crippen LogP contribution in [0.1, 0.15) is 32.1 Å². The maximum atomic E-state index is 11.5. The zero-order valence-corrected chi connectivity index (χ0v) is 19.3. The maximum absolute atomic E-state index is 11.5. The standard InChI is InChI=1S/C21H21Cl2N5O5/c1-11(29)31-10-17-16(32-12(2)30)7-18(33-17)28-20-14(9-25-28)19(26-21(23)27-20)24-8-13-5-3-4-6-15(13)22/h3-6,9,16-18H,7-8,10H2,1-2H3,(H,24,26,27)/t16-,17+,18+/m0/s1. The Kier molecular flexibility index (Phi) is 6.96. The van der Waals surface area contributed by atoms with Crippen LogP contribution in [0.5, 0.6) is 0 Å². The summed E-state index contributed by atoms with van der Waals surface area (Å²) in [7, 11) is 0. The number of hydrogen-bond acceptors (Lipinski definition) is 9. The van der Waals surface area contributed by atoms with Crippen molar-refractivity contribution in [3.8, 4) is 0 Å². The number of anilines is 1. The summed E-state index contributed by atoms with van der Waals surface area (Å²) < 4.78 is 18.0. The van der Waals surface area contributed by atoms with Crippen molar-refractivity contribution in [1.29, 1.82) is 0 Å². The number of aromatic nitrogens is 4. The highest BCUT2D eigenvalue weighted by Gasteiger charge is 2.40. The van der Waals surface area contributed by atoms with Crippen molar-refractivity contribution in [2.75, 3.05) is 11.9 Å². The lowest BCUT2D eigenvalue weighted by molar-refractivity contribution is -0.155. The normalized spacial score (nSPS) is 20.1. The summed E-state index contributed by atoms with van der Waals surface area (Å²) in [4.78, 5) is 31.3. The molecular formula is C21H21Cl2N5O5. The van der Waals surface area contributed by atoms with Crippen LogP contribution >= 0.6 is 23.2 Å². The van der Waals surface area contributed by atoms with Crippen LogP contribution in [0, 0.1) is 0 Å². The van der Waals surface area contributed by atoms with E-state index in [1.165, 1.54) is 13.8 Å². The van der Waals surface area contributed by atoms with E-state index in [0.717, 1.165) is 5.56 Å². The summed E-state index contributed by atoms with van der Waals surface area (Å²) in [6.45, 7) is 2.98. The van der Waals surface area contributed by atoms with Crippen LogP contribution in [0.15, 0.2) is 30.5 Å². The first-order valence-corrected chi connectivity index (χ1v) is 10.9. The predicted octanol–water partition coefficient (Wildman–Crippen LogP) is 3.53. The van der Waals surface area contributed by atoms with Gasteiger partial charge in [0, 0.05) is 31.8 Å². The first-order chi connectivity index (χ1) is 15.8. The van der Waals surface area contributed by atoms with Crippen LogP contribution in [0.2, 0.25) is 10.3 Å². The molecule has 1 fully saturated rings. The lowest BCUT2D eigenvalue weighted by Crippen LogP contribution is -2.31. The van der Waals surface area contributed by atoms with E-state index in [1.54, 1.807) is 10.9 Å². The molecule has 1 N–H and O–H groups in total. The van der Waals surface area contributed by atoms with Gasteiger partial charge in [0.25, 0.3) is 0 Å². The molecule has 4 rings (SSSR count). The van der Waals surface area contributed by atoms with E-state index in [-0.39, 0.29) is 11.9 Å². The van der Waals surface area contributed by atoms with Crippen molar-refractivity contribution >= 4 is 52.0 Å². The number of esters is 2. The van der Waals surface area contributed by atoms with Gasteiger partial charge >= 0.3 is 11.9 Å². The predicted molar refractivity (Wildman–Crippen MR) is 120 cm³/mol. The molecule has 3 aromatic rings. The molecule has 12 heteroatoms. The molecule has 0 bridgehead atoms. The number of benzene rings is 1. The van der Waals surface area contributed by atoms with Crippen LogP contribution in [-0.4, -0.2) is 50.5 Å². The fourth-order valence-corrected chi connectivity index (χ4v) is 3.97. The van der Waals surface area contributed by atoms with Crippen LogP contribution < -0.4 is 5.32 Å². The Labute approximate surface area is 199 Å². The number of rotatable bonds is 7. The molecule has 0 spiro atoms. The summed E-state index contributed by atoms with van der Waals surface area (Å²) in [5.74, 6) is -0.428. The number of carbonyl (C=O) groups is 2. The first kappa shape index (κ1) is 23.2. The Morgan fingerprint density at radius 1 is 1.21 bits per heavy atom. The van der Waals surface area contributed by atoms with Crippen molar-refractivity contribution in [3.05, 3.63) is 46.3 Å². The van der Waals surface area contributed by atoms with Gasteiger partial charge < -0.3 is 19.5 Å². The molecular weight excluding hydrogens is 473 g/mol. The fourth-order valence-electron chi connectivity index (χ4n) is 3.60. The Morgan fingerprint density at radius 3 is 2.73 bits per heavy atom. The fraction of sp³-hybridized carbons (Fsp3) is 0.381. The Bertz CT molecular complexity index is 1190. The van der Waals surface area contributed by atoms with Gasteiger partial charge in [-0.25, -0.2) is 4.68 Å². The molecule has 0 saturated carbocycles. The quantitative estimate of drug-likeness (QED) is 0.389. The molecule has 33 heavy (non-hydrogen) atoms. The molecule has 1 saturated heterocycles. The van der Waals surface area contributed by atoms with Crippen LogP contribution in [0.3, 0.4) is 0 Å². The largest absolute Gasteiger partial charge is 0.463 e. The zero-order valence-electron chi connectivity index (χ0n) is 17.8. The molecule has 1 aliphatic heterocycles. The van der Waals surface area contributed by atoms with E-state index >= 15 is 0 Å². The Hall–Kier alpha value is -2.95. The molecule has 3 atom stereocenters. The highest BCUT2D eigenvalue weighted by molar-refractivity contribution is 6.31. The lowest BCUT2D eigenvalue weighted by atomic mass is 10.2. The smallest absolute Gasteiger partial charge is 0.303 e. The molecule has 3 heterocycles. The molecule has 0 unspecified atom stereocenters. The number of halogens is 2. The molecule has 0 aliphatic carbocycles. The van der Waals surface area contributed by atoms with Crippen LogP contribution in [0.4, 0.5) is 5.82 Å². The van der Waals surface area contributed by atoms with Gasteiger partial charge in [0.05, 0.1) is 11.6 Å². The molecule has 174 valence electrons. The highest BCUT2D eigenvalue weighted by atomic mass is 35.5. The summed E-state index contributed by atoms with van der Waals surface area (Å²) in [6.07, 6.45) is 0.0319. The van der Waals surface area contributed by atoms with Crippen molar-refractivity contribution in [1.82, 2.24) is 19.7 Å². The molecule has 1 aromatic carbocycles. The average molecular weight is 494 g/mol. The monoisotopic (exact) mass is 493 g/mol. The van der Waals surface area contributed by atoms with Gasteiger partial charge in [-0.15, -0.1) is 0 Å². The minimum absolute atomic E-state index is 0.0249. The van der Waals surface area contributed by atoms with E-state index in [1.807, 2.05) is 24.3 Å². The number of nitrogens with one attached hydrogen (secondary N) is 1. The summed E-state index contributed by atoms with van der Waals surface area (Å²) >= 11 is 12.4. The Morgan fingerprint density at radius 2 is 2.00 bits per heavy atom. The molecule has 10 nitrogen and oxygen atoms in total. The van der Waals surface area contributed by atoms with Gasteiger partial charge in [-0.05, 0) is 23.2 Å². The van der Waals surface area contributed by atoms with Gasteiger partial charge in [0.15, 0.2) is 11.9 Å². The number of ether oxygens (including phenoxy) is 3. The van der Waals surface area contributed by atoms with Crippen LogP contribution in [-0.2, 0) is 30.3 Å². The second-order valence-corrected chi connectivity index (χ2v) is 8.17. The number of fused-ring (bicyclic) bond motifs is 1. The molecule has 2 aromatic heterocycles. The van der Waals surface area contributed by atoms with E-state index in [9.17, 15) is 9.59 Å². The van der Waals surface area contributed by atoms with Gasteiger partial charge in [-0.1, -0.05) is 29.8 Å². The van der Waals surface area contributed by atoms with Crippen molar-refractivity contribution in [2.24, 2.45) is 0 Å². The van der Waals surface area contributed by atoms with Gasteiger partial charge in [0.1, 0.15) is 24.6 Å². The minimum Gasteiger partial charge on any atom is -0.463 e.